The van der Waals surface area contributed by atoms with Gasteiger partial charge in [0.05, 0.1) is 9.79 Å². The third-order valence-electron chi connectivity index (χ3n) is 5.11. The standard InChI is InChI=1S/C23H26N6O6S2/c1-15-14-20(25-21(30)16-6-10-18(11-7-16)36(32,33)28(2)3)26-23(24-15)27-22(31)17-8-12-19(13-9-17)37(34,35)29(4)5/h6-14H,1-5H3,(H2,24,25,26,27,30,31). The molecule has 0 aliphatic rings. The maximum absolute atomic E-state index is 12.7. The van der Waals surface area contributed by atoms with E-state index in [2.05, 4.69) is 20.6 Å². The molecular weight excluding hydrogens is 520 g/mol. The molecule has 3 aromatic rings. The predicted octanol–water partition coefficient (Wildman–Crippen LogP) is 1.79. The number of amides is 2. The van der Waals surface area contributed by atoms with Crippen molar-refractivity contribution in [1.82, 2.24) is 18.6 Å². The van der Waals surface area contributed by atoms with E-state index in [4.69, 9.17) is 0 Å². The fourth-order valence-electron chi connectivity index (χ4n) is 3.03. The lowest BCUT2D eigenvalue weighted by Crippen LogP contribution is -2.22. The van der Waals surface area contributed by atoms with Gasteiger partial charge in [0, 0.05) is 51.1 Å². The molecule has 37 heavy (non-hydrogen) atoms. The molecule has 0 saturated heterocycles. The van der Waals surface area contributed by atoms with Crippen LogP contribution in [0.4, 0.5) is 11.8 Å². The Kier molecular flexibility index (Phi) is 8.07. The first kappa shape index (κ1) is 27.9. The topological polar surface area (TPSA) is 159 Å². The van der Waals surface area contributed by atoms with Gasteiger partial charge in [0.15, 0.2) is 0 Å². The number of nitrogens with zero attached hydrogens (tertiary/aromatic N) is 4. The van der Waals surface area contributed by atoms with Crippen LogP contribution in [-0.4, -0.2) is 75.4 Å². The van der Waals surface area contributed by atoms with Gasteiger partial charge in [-0.25, -0.2) is 30.4 Å². The molecule has 1 aromatic heterocycles. The molecule has 0 saturated carbocycles. The summed E-state index contributed by atoms with van der Waals surface area (Å²) < 4.78 is 50.9. The summed E-state index contributed by atoms with van der Waals surface area (Å²) >= 11 is 0. The highest BCUT2D eigenvalue weighted by Gasteiger charge is 2.19. The largest absolute Gasteiger partial charge is 0.306 e. The van der Waals surface area contributed by atoms with Crippen molar-refractivity contribution in [3.63, 3.8) is 0 Å². The predicted molar refractivity (Wildman–Crippen MR) is 137 cm³/mol. The van der Waals surface area contributed by atoms with Crippen molar-refractivity contribution in [3.05, 3.63) is 71.4 Å². The van der Waals surface area contributed by atoms with Crippen molar-refractivity contribution in [2.75, 3.05) is 38.8 Å². The Morgan fingerprint density at radius 2 is 1.08 bits per heavy atom. The third kappa shape index (κ3) is 6.35. The minimum Gasteiger partial charge on any atom is -0.306 e. The van der Waals surface area contributed by atoms with E-state index in [1.807, 2.05) is 0 Å². The summed E-state index contributed by atoms with van der Waals surface area (Å²) in [6, 6.07) is 12.3. The molecule has 0 bridgehead atoms. The summed E-state index contributed by atoms with van der Waals surface area (Å²) in [5.41, 5.74) is 0.842. The Hall–Kier alpha value is -3.72. The number of aryl methyl sites for hydroxylation is 1. The van der Waals surface area contributed by atoms with E-state index in [0.717, 1.165) is 8.61 Å². The molecule has 0 atom stereocenters. The zero-order valence-corrected chi connectivity index (χ0v) is 22.4. The molecule has 2 amide bonds. The highest BCUT2D eigenvalue weighted by atomic mass is 32.2. The molecule has 12 nitrogen and oxygen atoms in total. The number of benzene rings is 2. The van der Waals surface area contributed by atoms with Crippen LogP contribution in [0, 0.1) is 6.92 Å². The number of sulfonamides is 2. The first-order valence-electron chi connectivity index (χ1n) is 10.8. The third-order valence-corrected chi connectivity index (χ3v) is 8.77. The number of hydrogen-bond donors (Lipinski definition) is 2. The van der Waals surface area contributed by atoms with Gasteiger partial charge < -0.3 is 5.32 Å². The number of carbonyl (C=O) groups excluding carboxylic acids is 2. The lowest BCUT2D eigenvalue weighted by molar-refractivity contribution is 0.101. The smallest absolute Gasteiger partial charge is 0.258 e. The van der Waals surface area contributed by atoms with E-state index in [1.165, 1.54) is 82.8 Å². The first-order chi connectivity index (χ1) is 17.2. The summed E-state index contributed by atoms with van der Waals surface area (Å²) in [7, 11) is -1.62. The molecule has 1 heterocycles. The Bertz CT molecular complexity index is 1420. The summed E-state index contributed by atoms with van der Waals surface area (Å²) in [5.74, 6) is -1.07. The minimum absolute atomic E-state index is 0.0400. The van der Waals surface area contributed by atoms with Crippen LogP contribution in [0.15, 0.2) is 64.4 Å². The van der Waals surface area contributed by atoms with Crippen molar-refractivity contribution in [1.29, 1.82) is 0 Å². The van der Waals surface area contributed by atoms with Crippen LogP contribution in [0.2, 0.25) is 0 Å². The second-order valence-electron chi connectivity index (χ2n) is 8.25. The summed E-state index contributed by atoms with van der Waals surface area (Å²) in [6.07, 6.45) is 0. The quantitative estimate of drug-likeness (QED) is 0.433. The molecular formula is C23H26N6O6S2. The van der Waals surface area contributed by atoms with Crippen LogP contribution < -0.4 is 10.6 Å². The van der Waals surface area contributed by atoms with Gasteiger partial charge in [-0.1, -0.05) is 0 Å². The number of nitrogens with one attached hydrogen (secondary N) is 2. The van der Waals surface area contributed by atoms with Crippen molar-refractivity contribution in [2.45, 2.75) is 16.7 Å². The molecule has 0 unspecified atom stereocenters. The van der Waals surface area contributed by atoms with Gasteiger partial charge in [-0.05, 0) is 55.5 Å². The minimum atomic E-state index is -3.63. The zero-order chi connectivity index (χ0) is 27.5. The van der Waals surface area contributed by atoms with Crippen LogP contribution in [0.5, 0.6) is 0 Å². The lowest BCUT2D eigenvalue weighted by atomic mass is 10.2. The Labute approximate surface area is 215 Å². The summed E-state index contributed by atoms with van der Waals surface area (Å²) in [4.78, 5) is 33.7. The molecule has 3 rings (SSSR count). The van der Waals surface area contributed by atoms with Crippen molar-refractivity contribution < 1.29 is 26.4 Å². The van der Waals surface area contributed by atoms with E-state index in [9.17, 15) is 26.4 Å². The van der Waals surface area contributed by atoms with Crippen LogP contribution in [0.25, 0.3) is 0 Å². The fraction of sp³-hybridized carbons (Fsp3) is 0.217. The second kappa shape index (κ2) is 10.7. The summed E-state index contributed by atoms with van der Waals surface area (Å²) in [6.45, 7) is 1.65. The zero-order valence-electron chi connectivity index (χ0n) is 20.8. The highest BCUT2D eigenvalue weighted by molar-refractivity contribution is 7.89. The number of anilines is 2. The van der Waals surface area contributed by atoms with Crippen LogP contribution in [0.3, 0.4) is 0 Å². The summed E-state index contributed by atoms with van der Waals surface area (Å²) in [5, 5.41) is 5.12. The van der Waals surface area contributed by atoms with Crippen LogP contribution in [0.1, 0.15) is 26.4 Å². The molecule has 14 heteroatoms. The van der Waals surface area contributed by atoms with Gasteiger partial charge in [0.25, 0.3) is 11.8 Å². The molecule has 0 radical (unpaired) electrons. The van der Waals surface area contributed by atoms with E-state index < -0.39 is 31.9 Å². The van der Waals surface area contributed by atoms with Gasteiger partial charge in [-0.2, -0.15) is 4.98 Å². The molecule has 2 aromatic carbocycles. The van der Waals surface area contributed by atoms with Crippen LogP contribution in [-0.2, 0) is 20.0 Å². The average Bonchev–Trinajstić information content (AvgIpc) is 2.83. The van der Waals surface area contributed by atoms with E-state index >= 15 is 0 Å². The normalized spacial score (nSPS) is 12.0. The second-order valence-corrected chi connectivity index (χ2v) is 12.6. The molecule has 0 aliphatic carbocycles. The molecule has 0 spiro atoms. The molecule has 0 fully saturated rings. The van der Waals surface area contributed by atoms with Gasteiger partial charge in [-0.3, -0.25) is 14.9 Å². The molecule has 2 N–H and O–H groups in total. The van der Waals surface area contributed by atoms with Crippen molar-refractivity contribution in [3.8, 4) is 0 Å². The number of hydrogen-bond acceptors (Lipinski definition) is 8. The Balaban J connectivity index is 1.74. The number of aromatic nitrogens is 2. The van der Waals surface area contributed by atoms with Gasteiger partial charge in [-0.15, -0.1) is 0 Å². The van der Waals surface area contributed by atoms with E-state index in [0.29, 0.717) is 5.69 Å². The maximum Gasteiger partial charge on any atom is 0.258 e. The van der Waals surface area contributed by atoms with E-state index in [1.54, 1.807) is 6.92 Å². The van der Waals surface area contributed by atoms with Crippen molar-refractivity contribution in [2.24, 2.45) is 0 Å². The molecule has 196 valence electrons. The lowest BCUT2D eigenvalue weighted by Gasteiger charge is -2.12. The van der Waals surface area contributed by atoms with Gasteiger partial charge in [0.2, 0.25) is 26.0 Å². The van der Waals surface area contributed by atoms with Crippen LogP contribution >= 0.6 is 0 Å². The Morgan fingerprint density at radius 3 is 1.49 bits per heavy atom. The SMILES string of the molecule is Cc1cc(NC(=O)c2ccc(S(=O)(=O)N(C)C)cc2)nc(NC(=O)c2ccc(S(=O)(=O)N(C)C)cc2)n1. The number of carbonyl (C=O) groups is 2. The van der Waals surface area contributed by atoms with E-state index in [-0.39, 0.29) is 32.7 Å². The molecule has 0 aliphatic heterocycles. The fourth-order valence-corrected chi connectivity index (χ4v) is 4.83. The monoisotopic (exact) mass is 546 g/mol. The highest BCUT2D eigenvalue weighted by Crippen LogP contribution is 2.17. The van der Waals surface area contributed by atoms with Crippen molar-refractivity contribution >= 4 is 43.6 Å². The Morgan fingerprint density at radius 1 is 0.676 bits per heavy atom. The van der Waals surface area contributed by atoms with Gasteiger partial charge >= 0.3 is 0 Å². The first-order valence-corrected chi connectivity index (χ1v) is 13.6. The maximum atomic E-state index is 12.7. The number of rotatable bonds is 8. The average molecular weight is 547 g/mol. The van der Waals surface area contributed by atoms with Gasteiger partial charge in [0.1, 0.15) is 5.82 Å².